The van der Waals surface area contributed by atoms with Crippen LogP contribution in [-0.4, -0.2) is 16.7 Å². The summed E-state index contributed by atoms with van der Waals surface area (Å²) in [7, 11) is 0. The first-order chi connectivity index (χ1) is 13.0. The summed E-state index contributed by atoms with van der Waals surface area (Å²) >= 11 is 1.36. The molecule has 1 aromatic heterocycles. The van der Waals surface area contributed by atoms with E-state index in [4.69, 9.17) is 4.74 Å². The Morgan fingerprint density at radius 2 is 1.96 bits per heavy atom. The van der Waals surface area contributed by atoms with Gasteiger partial charge in [-0.3, -0.25) is 9.59 Å². The number of Topliss-reactive ketones (excluding diaryl/α,β-unsaturated/α-hetero) is 1. The minimum Gasteiger partial charge on any atom is -0.487 e. The SMILES string of the molecule is CC(=O)c1ccc(OCc2csc(CC(=O)Nc3ccccc3)n2)cc1F. The van der Waals surface area contributed by atoms with Crippen LogP contribution in [0.15, 0.2) is 53.9 Å². The second-order valence-electron chi connectivity index (χ2n) is 5.81. The Bertz CT molecular complexity index is 957. The third-order valence-electron chi connectivity index (χ3n) is 3.68. The Hall–Kier alpha value is -3.06. The van der Waals surface area contributed by atoms with Crippen LogP contribution in [0.2, 0.25) is 0 Å². The maximum absolute atomic E-state index is 13.8. The first-order valence-corrected chi connectivity index (χ1v) is 9.10. The molecule has 1 amide bonds. The Morgan fingerprint density at radius 1 is 1.19 bits per heavy atom. The number of rotatable bonds is 7. The lowest BCUT2D eigenvalue weighted by Gasteiger charge is -2.06. The molecule has 0 atom stereocenters. The van der Waals surface area contributed by atoms with Crippen molar-refractivity contribution >= 4 is 28.7 Å². The number of benzene rings is 2. The second-order valence-corrected chi connectivity index (χ2v) is 6.75. The highest BCUT2D eigenvalue weighted by atomic mass is 32.1. The van der Waals surface area contributed by atoms with Gasteiger partial charge in [0, 0.05) is 17.1 Å². The van der Waals surface area contributed by atoms with Gasteiger partial charge in [0.05, 0.1) is 17.7 Å². The summed E-state index contributed by atoms with van der Waals surface area (Å²) in [5, 5.41) is 5.27. The number of halogens is 1. The Morgan fingerprint density at radius 3 is 2.67 bits per heavy atom. The van der Waals surface area contributed by atoms with Gasteiger partial charge in [0.15, 0.2) is 5.78 Å². The van der Waals surface area contributed by atoms with E-state index in [2.05, 4.69) is 10.3 Å². The number of carbonyl (C=O) groups is 2. The molecule has 0 saturated heterocycles. The van der Waals surface area contributed by atoms with Gasteiger partial charge in [-0.1, -0.05) is 18.2 Å². The van der Waals surface area contributed by atoms with Gasteiger partial charge < -0.3 is 10.1 Å². The van der Waals surface area contributed by atoms with Crippen LogP contribution < -0.4 is 10.1 Å². The number of amides is 1. The van der Waals surface area contributed by atoms with Crippen LogP contribution in [0, 0.1) is 5.82 Å². The van der Waals surface area contributed by atoms with E-state index in [1.807, 2.05) is 30.3 Å². The van der Waals surface area contributed by atoms with Gasteiger partial charge in [0.2, 0.25) is 5.91 Å². The number of aromatic nitrogens is 1. The van der Waals surface area contributed by atoms with Gasteiger partial charge in [-0.2, -0.15) is 0 Å². The number of ether oxygens (including phenoxy) is 1. The molecule has 0 aliphatic heterocycles. The standard InChI is InChI=1S/C20H17FN2O3S/c1-13(24)17-8-7-16(9-18(17)21)26-11-15-12-27-20(23-15)10-19(25)22-14-5-3-2-4-6-14/h2-9,12H,10-11H2,1H3,(H,22,25). The molecule has 7 heteroatoms. The maximum atomic E-state index is 13.8. The molecule has 0 spiro atoms. The lowest BCUT2D eigenvalue weighted by molar-refractivity contribution is -0.115. The van der Waals surface area contributed by atoms with Gasteiger partial charge in [-0.25, -0.2) is 9.37 Å². The zero-order valence-corrected chi connectivity index (χ0v) is 15.4. The van der Waals surface area contributed by atoms with E-state index in [0.717, 1.165) is 5.69 Å². The van der Waals surface area contributed by atoms with Gasteiger partial charge in [-0.15, -0.1) is 11.3 Å². The van der Waals surface area contributed by atoms with E-state index in [1.54, 1.807) is 11.4 Å². The molecule has 3 rings (SSSR count). The fourth-order valence-corrected chi connectivity index (χ4v) is 3.17. The molecule has 1 N–H and O–H groups in total. The van der Waals surface area contributed by atoms with Crippen molar-refractivity contribution in [3.05, 3.63) is 76.0 Å². The van der Waals surface area contributed by atoms with E-state index >= 15 is 0 Å². The topological polar surface area (TPSA) is 68.3 Å². The first kappa shape index (κ1) is 18.7. The summed E-state index contributed by atoms with van der Waals surface area (Å²) in [5.41, 5.74) is 1.42. The summed E-state index contributed by atoms with van der Waals surface area (Å²) < 4.78 is 19.3. The molecule has 0 bridgehead atoms. The monoisotopic (exact) mass is 384 g/mol. The third-order valence-corrected chi connectivity index (χ3v) is 4.57. The number of carbonyl (C=O) groups excluding carboxylic acids is 2. The summed E-state index contributed by atoms with van der Waals surface area (Å²) in [6.07, 6.45) is 0.168. The van der Waals surface area contributed by atoms with Crippen LogP contribution in [0.3, 0.4) is 0 Å². The van der Waals surface area contributed by atoms with E-state index in [9.17, 15) is 14.0 Å². The predicted octanol–water partition coefficient (Wildman–Crippen LogP) is 4.25. The molecule has 138 valence electrons. The Kier molecular flexibility index (Phi) is 5.93. The van der Waals surface area contributed by atoms with Crippen LogP contribution in [-0.2, 0) is 17.8 Å². The van der Waals surface area contributed by atoms with Crippen molar-refractivity contribution in [3.63, 3.8) is 0 Å². The van der Waals surface area contributed by atoms with E-state index in [0.29, 0.717) is 16.5 Å². The highest BCUT2D eigenvalue weighted by Gasteiger charge is 2.11. The number of ketones is 1. The molecular weight excluding hydrogens is 367 g/mol. The number of para-hydroxylation sites is 1. The van der Waals surface area contributed by atoms with Gasteiger partial charge in [0.1, 0.15) is 23.2 Å². The lowest BCUT2D eigenvalue weighted by atomic mass is 10.1. The van der Waals surface area contributed by atoms with E-state index < -0.39 is 5.82 Å². The van der Waals surface area contributed by atoms with Crippen LogP contribution in [0.1, 0.15) is 28.0 Å². The zero-order valence-electron chi connectivity index (χ0n) is 14.6. The molecule has 0 aliphatic rings. The molecule has 27 heavy (non-hydrogen) atoms. The number of nitrogens with one attached hydrogen (secondary N) is 1. The molecular formula is C20H17FN2O3S. The van der Waals surface area contributed by atoms with Crippen molar-refractivity contribution in [1.82, 2.24) is 4.98 Å². The van der Waals surface area contributed by atoms with Crippen molar-refractivity contribution < 1.29 is 18.7 Å². The largest absolute Gasteiger partial charge is 0.487 e. The first-order valence-electron chi connectivity index (χ1n) is 8.23. The van der Waals surface area contributed by atoms with Gasteiger partial charge >= 0.3 is 0 Å². The van der Waals surface area contributed by atoms with Crippen LogP contribution >= 0.6 is 11.3 Å². The molecule has 0 radical (unpaired) electrons. The number of nitrogens with zero attached hydrogens (tertiary/aromatic N) is 1. The minimum atomic E-state index is -0.614. The van der Waals surface area contributed by atoms with Crippen molar-refractivity contribution in [3.8, 4) is 5.75 Å². The summed E-state index contributed by atoms with van der Waals surface area (Å²) in [5.74, 6) is -0.785. The Balaban J connectivity index is 1.54. The number of anilines is 1. The van der Waals surface area contributed by atoms with Crippen molar-refractivity contribution in [2.75, 3.05) is 5.32 Å². The predicted molar refractivity (Wildman–Crippen MR) is 102 cm³/mol. The molecule has 0 aliphatic carbocycles. The Labute approximate surface area is 159 Å². The fraction of sp³-hybridized carbons (Fsp3) is 0.150. The minimum absolute atomic E-state index is 0.0303. The van der Waals surface area contributed by atoms with Crippen LogP contribution in [0.25, 0.3) is 0 Å². The van der Waals surface area contributed by atoms with Crippen molar-refractivity contribution in [2.24, 2.45) is 0 Å². The zero-order chi connectivity index (χ0) is 19.2. The summed E-state index contributed by atoms with van der Waals surface area (Å²) in [4.78, 5) is 27.7. The molecule has 0 unspecified atom stereocenters. The molecule has 5 nitrogen and oxygen atoms in total. The van der Waals surface area contributed by atoms with Crippen LogP contribution in [0.4, 0.5) is 10.1 Å². The molecule has 3 aromatic rings. The van der Waals surface area contributed by atoms with Crippen molar-refractivity contribution in [1.29, 1.82) is 0 Å². The average Bonchev–Trinajstić information content (AvgIpc) is 3.07. The van der Waals surface area contributed by atoms with E-state index in [-0.39, 0.29) is 30.3 Å². The summed E-state index contributed by atoms with van der Waals surface area (Å²) in [6, 6.07) is 13.3. The molecule has 1 heterocycles. The number of hydrogen-bond donors (Lipinski definition) is 1. The second kappa shape index (κ2) is 8.55. The normalized spacial score (nSPS) is 10.4. The van der Waals surface area contributed by atoms with Gasteiger partial charge in [-0.05, 0) is 31.2 Å². The number of hydrogen-bond acceptors (Lipinski definition) is 5. The highest BCUT2D eigenvalue weighted by molar-refractivity contribution is 7.09. The smallest absolute Gasteiger partial charge is 0.231 e. The highest BCUT2D eigenvalue weighted by Crippen LogP contribution is 2.19. The molecule has 2 aromatic carbocycles. The van der Waals surface area contributed by atoms with Gasteiger partial charge in [0.25, 0.3) is 0 Å². The maximum Gasteiger partial charge on any atom is 0.231 e. The number of thiazole rings is 1. The molecule has 0 saturated carbocycles. The summed E-state index contributed by atoms with van der Waals surface area (Å²) in [6.45, 7) is 1.46. The quantitative estimate of drug-likeness (QED) is 0.619. The third kappa shape index (κ3) is 5.21. The fourth-order valence-electron chi connectivity index (χ4n) is 2.39. The molecule has 0 fully saturated rings. The van der Waals surface area contributed by atoms with E-state index in [1.165, 1.54) is 30.4 Å². The lowest BCUT2D eigenvalue weighted by Crippen LogP contribution is -2.14. The van der Waals surface area contributed by atoms with Crippen molar-refractivity contribution in [2.45, 2.75) is 20.0 Å². The average molecular weight is 384 g/mol. The van der Waals surface area contributed by atoms with Crippen LogP contribution in [0.5, 0.6) is 5.75 Å².